The lowest BCUT2D eigenvalue weighted by Crippen LogP contribution is -2.42. The van der Waals surface area contributed by atoms with Crippen LogP contribution in [0.1, 0.15) is 51.4 Å². The monoisotopic (exact) mass is 419 g/mol. The Hall–Kier alpha value is -2.35. The molecule has 0 unspecified atom stereocenters. The Labute approximate surface area is 171 Å². The van der Waals surface area contributed by atoms with Gasteiger partial charge in [0.2, 0.25) is 11.8 Å². The minimum Gasteiger partial charge on any atom is -0.353 e. The summed E-state index contributed by atoms with van der Waals surface area (Å²) in [6, 6.07) is 3.85. The standard InChI is InChI=1S/C21H23F2N3O2S/c22-15-7-4-13(10-16(15)23)17-12-29-20(25-17)26-19(28)21(8-2-1-3-9-21)11-18(27)24-14-5-6-14/h4,7,10,12,14H,1-3,5-6,8-9,11H2,(H,24,27)(H,25,26,28). The number of hydrogen-bond acceptors (Lipinski definition) is 4. The average Bonchev–Trinajstić information content (AvgIpc) is 3.39. The number of hydrogen-bond donors (Lipinski definition) is 2. The smallest absolute Gasteiger partial charge is 0.232 e. The number of anilines is 1. The van der Waals surface area contributed by atoms with E-state index in [2.05, 4.69) is 15.6 Å². The minimum atomic E-state index is -0.941. The largest absolute Gasteiger partial charge is 0.353 e. The lowest BCUT2D eigenvalue weighted by Gasteiger charge is -2.35. The van der Waals surface area contributed by atoms with Crippen LogP contribution in [0.2, 0.25) is 0 Å². The van der Waals surface area contributed by atoms with Gasteiger partial charge in [-0.3, -0.25) is 9.59 Å². The molecule has 29 heavy (non-hydrogen) atoms. The fourth-order valence-corrected chi connectivity index (χ4v) is 4.59. The molecule has 1 heterocycles. The summed E-state index contributed by atoms with van der Waals surface area (Å²) in [6.45, 7) is 0. The molecule has 5 nitrogen and oxygen atoms in total. The van der Waals surface area contributed by atoms with Crippen LogP contribution in [-0.4, -0.2) is 22.8 Å². The van der Waals surface area contributed by atoms with Gasteiger partial charge in [0.1, 0.15) is 0 Å². The predicted molar refractivity (Wildman–Crippen MR) is 107 cm³/mol. The lowest BCUT2D eigenvalue weighted by atomic mass is 9.71. The molecule has 0 radical (unpaired) electrons. The SMILES string of the molecule is O=C(CC1(C(=O)Nc2nc(-c3ccc(F)c(F)c3)cs2)CCCCC1)NC1CC1. The number of benzene rings is 1. The number of nitrogens with zero attached hydrogens (tertiary/aromatic N) is 1. The highest BCUT2D eigenvalue weighted by Gasteiger charge is 2.42. The van der Waals surface area contributed by atoms with Gasteiger partial charge in [-0.05, 0) is 43.9 Å². The van der Waals surface area contributed by atoms with Gasteiger partial charge in [0, 0.05) is 23.4 Å². The van der Waals surface area contributed by atoms with E-state index >= 15 is 0 Å². The molecule has 0 saturated heterocycles. The molecule has 0 atom stereocenters. The van der Waals surface area contributed by atoms with E-state index in [0.717, 1.165) is 44.2 Å². The van der Waals surface area contributed by atoms with Crippen molar-refractivity contribution in [3.8, 4) is 11.3 Å². The first kappa shape index (κ1) is 19.9. The third-order valence-corrected chi connectivity index (χ3v) is 6.43. The van der Waals surface area contributed by atoms with Gasteiger partial charge in [0.05, 0.1) is 11.1 Å². The Morgan fingerprint density at radius 2 is 1.90 bits per heavy atom. The van der Waals surface area contributed by atoms with E-state index in [4.69, 9.17) is 0 Å². The second-order valence-corrected chi connectivity index (χ2v) is 8.84. The second-order valence-electron chi connectivity index (χ2n) is 7.98. The third kappa shape index (κ3) is 4.63. The van der Waals surface area contributed by atoms with Crippen LogP contribution in [0.4, 0.5) is 13.9 Å². The van der Waals surface area contributed by atoms with Crippen LogP contribution in [0.3, 0.4) is 0 Å². The van der Waals surface area contributed by atoms with E-state index < -0.39 is 17.0 Å². The van der Waals surface area contributed by atoms with Crippen molar-refractivity contribution in [2.75, 3.05) is 5.32 Å². The van der Waals surface area contributed by atoms with Crippen molar-refractivity contribution in [1.29, 1.82) is 0 Å². The molecule has 1 aromatic carbocycles. The number of aromatic nitrogens is 1. The summed E-state index contributed by atoms with van der Waals surface area (Å²) in [5.74, 6) is -2.11. The normalized spacial score (nSPS) is 18.3. The molecule has 2 saturated carbocycles. The van der Waals surface area contributed by atoms with Crippen LogP contribution in [0.25, 0.3) is 11.3 Å². The first-order chi connectivity index (χ1) is 13.9. The first-order valence-electron chi connectivity index (χ1n) is 9.97. The van der Waals surface area contributed by atoms with Crippen LogP contribution in [0.15, 0.2) is 23.6 Å². The molecule has 1 aromatic heterocycles. The zero-order valence-electron chi connectivity index (χ0n) is 16.0. The molecule has 2 aliphatic carbocycles. The number of nitrogens with one attached hydrogen (secondary N) is 2. The zero-order chi connectivity index (χ0) is 20.4. The molecule has 0 bridgehead atoms. The fraction of sp³-hybridized carbons (Fsp3) is 0.476. The van der Waals surface area contributed by atoms with Gasteiger partial charge in [-0.2, -0.15) is 0 Å². The van der Waals surface area contributed by atoms with E-state index in [1.54, 1.807) is 5.38 Å². The Morgan fingerprint density at radius 1 is 1.14 bits per heavy atom. The van der Waals surface area contributed by atoms with Gasteiger partial charge in [-0.15, -0.1) is 11.3 Å². The van der Waals surface area contributed by atoms with Gasteiger partial charge in [0.25, 0.3) is 0 Å². The van der Waals surface area contributed by atoms with Crippen molar-refractivity contribution in [3.63, 3.8) is 0 Å². The van der Waals surface area contributed by atoms with E-state index in [1.807, 2.05) is 0 Å². The molecule has 2 amide bonds. The molecule has 2 fully saturated rings. The van der Waals surface area contributed by atoms with Gasteiger partial charge in [-0.25, -0.2) is 13.8 Å². The van der Waals surface area contributed by atoms with Crippen LogP contribution >= 0.6 is 11.3 Å². The van der Waals surface area contributed by atoms with Gasteiger partial charge in [-0.1, -0.05) is 19.3 Å². The number of carbonyl (C=O) groups excluding carboxylic acids is 2. The average molecular weight is 419 g/mol. The van der Waals surface area contributed by atoms with Crippen molar-refractivity contribution >= 4 is 28.3 Å². The topological polar surface area (TPSA) is 71.1 Å². The maximum atomic E-state index is 13.5. The summed E-state index contributed by atoms with van der Waals surface area (Å²) in [5, 5.41) is 7.93. The summed E-state index contributed by atoms with van der Waals surface area (Å²) >= 11 is 1.23. The first-order valence-corrected chi connectivity index (χ1v) is 10.8. The molecule has 2 N–H and O–H groups in total. The van der Waals surface area contributed by atoms with E-state index in [-0.39, 0.29) is 24.3 Å². The summed E-state index contributed by atoms with van der Waals surface area (Å²) in [5.41, 5.74) is 0.190. The molecule has 2 aliphatic rings. The van der Waals surface area contributed by atoms with Crippen LogP contribution in [0, 0.1) is 17.0 Å². The quantitative estimate of drug-likeness (QED) is 0.716. The van der Waals surface area contributed by atoms with Crippen molar-refractivity contribution in [1.82, 2.24) is 10.3 Å². The maximum Gasteiger partial charge on any atom is 0.232 e. The van der Waals surface area contributed by atoms with Gasteiger partial charge >= 0.3 is 0 Å². The Morgan fingerprint density at radius 3 is 2.59 bits per heavy atom. The summed E-state index contributed by atoms with van der Waals surface area (Å²) in [7, 11) is 0. The van der Waals surface area contributed by atoms with E-state index in [1.165, 1.54) is 17.4 Å². The highest BCUT2D eigenvalue weighted by molar-refractivity contribution is 7.14. The Bertz CT molecular complexity index is 920. The number of thiazole rings is 1. The highest BCUT2D eigenvalue weighted by atomic mass is 32.1. The highest BCUT2D eigenvalue weighted by Crippen LogP contribution is 2.41. The molecule has 0 spiro atoms. The molecular formula is C21H23F2N3O2S. The molecular weight excluding hydrogens is 396 g/mol. The van der Waals surface area contributed by atoms with Crippen molar-refractivity contribution in [2.24, 2.45) is 5.41 Å². The van der Waals surface area contributed by atoms with Crippen LogP contribution in [-0.2, 0) is 9.59 Å². The maximum absolute atomic E-state index is 13.5. The molecule has 4 rings (SSSR count). The van der Waals surface area contributed by atoms with Crippen LogP contribution < -0.4 is 10.6 Å². The second kappa shape index (κ2) is 8.18. The zero-order valence-corrected chi connectivity index (χ0v) is 16.8. The number of halogens is 2. The third-order valence-electron chi connectivity index (χ3n) is 5.67. The lowest BCUT2D eigenvalue weighted by molar-refractivity contribution is -0.134. The Balaban J connectivity index is 1.47. The number of rotatable bonds is 6. The summed E-state index contributed by atoms with van der Waals surface area (Å²) < 4.78 is 26.6. The number of amides is 2. The molecule has 154 valence electrons. The van der Waals surface area contributed by atoms with Crippen molar-refractivity contribution in [2.45, 2.75) is 57.4 Å². The van der Waals surface area contributed by atoms with Crippen LogP contribution in [0.5, 0.6) is 0 Å². The minimum absolute atomic E-state index is 0.0637. The molecule has 0 aliphatic heterocycles. The summed E-state index contributed by atoms with van der Waals surface area (Å²) in [4.78, 5) is 29.9. The fourth-order valence-electron chi connectivity index (χ4n) is 3.88. The predicted octanol–water partition coefficient (Wildman–Crippen LogP) is 4.65. The van der Waals surface area contributed by atoms with E-state index in [9.17, 15) is 18.4 Å². The summed E-state index contributed by atoms with van der Waals surface area (Å²) in [6.07, 6.45) is 6.47. The van der Waals surface area contributed by atoms with E-state index in [0.29, 0.717) is 29.2 Å². The Kier molecular flexibility index (Phi) is 5.63. The number of carbonyl (C=O) groups is 2. The van der Waals surface area contributed by atoms with Crippen molar-refractivity contribution in [3.05, 3.63) is 35.2 Å². The molecule has 8 heteroatoms. The van der Waals surface area contributed by atoms with Gasteiger partial charge < -0.3 is 10.6 Å². The molecule has 2 aromatic rings. The van der Waals surface area contributed by atoms with Gasteiger partial charge in [0.15, 0.2) is 16.8 Å². The van der Waals surface area contributed by atoms with Crippen molar-refractivity contribution < 1.29 is 18.4 Å².